The van der Waals surface area contributed by atoms with E-state index in [0.29, 0.717) is 0 Å². The topological polar surface area (TPSA) is 0 Å². The first kappa shape index (κ1) is 17.2. The first-order chi connectivity index (χ1) is 9.13. The summed E-state index contributed by atoms with van der Waals surface area (Å²) in [5, 5.41) is 3.24. The summed E-state index contributed by atoms with van der Waals surface area (Å²) < 4.78 is 0. The summed E-state index contributed by atoms with van der Waals surface area (Å²) in [5.41, 5.74) is 4.09. The summed E-state index contributed by atoms with van der Waals surface area (Å²) in [4.78, 5) is 0. The van der Waals surface area contributed by atoms with E-state index in [1.807, 2.05) is 0 Å². The van der Waals surface area contributed by atoms with E-state index in [1.165, 1.54) is 10.8 Å². The highest BCUT2D eigenvalue weighted by Gasteiger charge is 2.26. The third-order valence-electron chi connectivity index (χ3n) is 3.75. The van der Waals surface area contributed by atoms with Gasteiger partial charge in [0.15, 0.2) is 0 Å². The van der Waals surface area contributed by atoms with Crippen LogP contribution in [0.15, 0.2) is 52.9 Å². The molecule has 0 atom stereocenters. The van der Waals surface area contributed by atoms with Crippen molar-refractivity contribution < 1.29 is 0 Å². The minimum Gasteiger partial charge on any atom is -0.0946 e. The van der Waals surface area contributed by atoms with Crippen molar-refractivity contribution in [2.45, 2.75) is 53.0 Å². The second kappa shape index (κ2) is 6.73. The second-order valence-electron chi connectivity index (χ2n) is 7.49. The normalized spacial score (nSPS) is 13.2. The zero-order valence-electron chi connectivity index (χ0n) is 14.2. The molecule has 1 rings (SSSR count). The van der Waals surface area contributed by atoms with Gasteiger partial charge in [0.05, 0.1) is 8.07 Å². The molecule has 0 fully saturated rings. The van der Waals surface area contributed by atoms with Crippen LogP contribution in [0.3, 0.4) is 0 Å². The highest BCUT2D eigenvalue weighted by atomic mass is 28.3. The van der Waals surface area contributed by atoms with Gasteiger partial charge in [-0.25, -0.2) is 0 Å². The van der Waals surface area contributed by atoms with E-state index < -0.39 is 16.1 Å². The highest BCUT2D eigenvalue weighted by molar-refractivity contribution is 6.96. The monoisotopic (exact) mass is 302 g/mol. The molecule has 1 aromatic carbocycles. The Morgan fingerprint density at radius 3 is 1.95 bits per heavy atom. The molecule has 0 bridgehead atoms. The maximum Gasteiger partial charge on any atom is 0.103 e. The van der Waals surface area contributed by atoms with Crippen molar-refractivity contribution in [1.82, 2.24) is 0 Å². The standard InChI is InChI=1S/C18H30Si2/c1-16(2)13-14-18(19(3,4)5)15-20(6,7)17-11-9-8-10-12-17/h8-13,15H,14H2,1-7H3/b18-15+. The SMILES string of the molecule is CC(C)=CC/C(=C\[Si](C)(C)c1ccccc1)[Si](C)(C)C. The van der Waals surface area contributed by atoms with E-state index in [1.54, 1.807) is 5.20 Å². The molecule has 0 aliphatic rings. The average molecular weight is 303 g/mol. The van der Waals surface area contributed by atoms with Crippen LogP contribution in [-0.4, -0.2) is 16.1 Å². The lowest BCUT2D eigenvalue weighted by molar-refractivity contribution is 1.24. The predicted molar refractivity (Wildman–Crippen MR) is 99.0 cm³/mol. The summed E-state index contributed by atoms with van der Waals surface area (Å²) in [6, 6.07) is 11.0. The quantitative estimate of drug-likeness (QED) is 0.511. The lowest BCUT2D eigenvalue weighted by atomic mass is 10.3. The highest BCUT2D eigenvalue weighted by Crippen LogP contribution is 2.22. The molecule has 0 spiro atoms. The van der Waals surface area contributed by atoms with Crippen LogP contribution < -0.4 is 5.19 Å². The van der Waals surface area contributed by atoms with Crippen LogP contribution in [0.1, 0.15) is 20.3 Å². The molecule has 0 aliphatic carbocycles. The summed E-state index contributed by atoms with van der Waals surface area (Å²) in [6.07, 6.45) is 3.53. The molecule has 0 amide bonds. The molecule has 1 aromatic rings. The Kier molecular flexibility index (Phi) is 5.78. The molecular formula is C18H30Si2. The molecule has 20 heavy (non-hydrogen) atoms. The van der Waals surface area contributed by atoms with Crippen LogP contribution >= 0.6 is 0 Å². The van der Waals surface area contributed by atoms with E-state index in [4.69, 9.17) is 0 Å². The smallest absolute Gasteiger partial charge is 0.0946 e. The van der Waals surface area contributed by atoms with Gasteiger partial charge < -0.3 is 0 Å². The van der Waals surface area contributed by atoms with Gasteiger partial charge in [-0.15, -0.1) is 0 Å². The van der Waals surface area contributed by atoms with Crippen molar-refractivity contribution in [1.29, 1.82) is 0 Å². The maximum absolute atomic E-state index is 2.66. The fourth-order valence-corrected chi connectivity index (χ4v) is 8.02. The van der Waals surface area contributed by atoms with Crippen molar-refractivity contribution in [3.63, 3.8) is 0 Å². The van der Waals surface area contributed by atoms with Gasteiger partial charge in [0.1, 0.15) is 8.07 Å². The number of rotatable bonds is 5. The van der Waals surface area contributed by atoms with Crippen LogP contribution in [0, 0.1) is 0 Å². The molecule has 0 saturated carbocycles. The number of benzene rings is 1. The van der Waals surface area contributed by atoms with Gasteiger partial charge in [0.25, 0.3) is 0 Å². The van der Waals surface area contributed by atoms with E-state index in [0.717, 1.165) is 6.42 Å². The van der Waals surface area contributed by atoms with Gasteiger partial charge in [-0.2, -0.15) is 0 Å². The molecule has 0 nitrogen and oxygen atoms in total. The van der Waals surface area contributed by atoms with E-state index >= 15 is 0 Å². The first-order valence-electron chi connectivity index (χ1n) is 7.54. The molecule has 0 heterocycles. The first-order valence-corrected chi connectivity index (χ1v) is 14.1. The molecule has 110 valence electrons. The molecule has 0 aliphatic heterocycles. The van der Waals surface area contributed by atoms with Crippen LogP contribution in [-0.2, 0) is 0 Å². The summed E-state index contributed by atoms with van der Waals surface area (Å²) in [5.74, 6) is 0. The Labute approximate surface area is 127 Å². The van der Waals surface area contributed by atoms with Gasteiger partial charge in [0.2, 0.25) is 0 Å². The third-order valence-corrected chi connectivity index (χ3v) is 9.20. The lowest BCUT2D eigenvalue weighted by Gasteiger charge is -2.26. The minimum absolute atomic E-state index is 1.14. The zero-order chi connectivity index (χ0) is 15.4. The largest absolute Gasteiger partial charge is 0.103 e. The van der Waals surface area contributed by atoms with Crippen molar-refractivity contribution in [2.24, 2.45) is 0 Å². The van der Waals surface area contributed by atoms with Crippen LogP contribution in [0.2, 0.25) is 32.7 Å². The van der Waals surface area contributed by atoms with Crippen LogP contribution in [0.5, 0.6) is 0 Å². The molecule has 0 radical (unpaired) electrons. The molecule has 2 heteroatoms. The molecule has 0 aromatic heterocycles. The molecule has 0 N–H and O–H groups in total. The molecule has 0 unspecified atom stereocenters. The Morgan fingerprint density at radius 2 is 1.50 bits per heavy atom. The Bertz CT molecular complexity index is 484. The van der Waals surface area contributed by atoms with Gasteiger partial charge in [-0.3, -0.25) is 0 Å². The fourth-order valence-electron chi connectivity index (χ4n) is 2.28. The van der Waals surface area contributed by atoms with E-state index in [-0.39, 0.29) is 0 Å². The van der Waals surface area contributed by atoms with Crippen molar-refractivity contribution in [2.75, 3.05) is 0 Å². The summed E-state index contributed by atoms with van der Waals surface area (Å²) >= 11 is 0. The van der Waals surface area contributed by atoms with Gasteiger partial charge >= 0.3 is 0 Å². The average Bonchev–Trinajstić information content (AvgIpc) is 2.34. The lowest BCUT2D eigenvalue weighted by Crippen LogP contribution is -2.41. The fraction of sp³-hybridized carbons (Fsp3) is 0.444. The number of allylic oxidation sites excluding steroid dienone is 3. The van der Waals surface area contributed by atoms with Gasteiger partial charge in [0, 0.05) is 0 Å². The number of hydrogen-bond acceptors (Lipinski definition) is 0. The third kappa shape index (κ3) is 5.25. The molecular weight excluding hydrogens is 272 g/mol. The number of hydrogen-bond donors (Lipinski definition) is 0. The molecule has 0 saturated heterocycles. The van der Waals surface area contributed by atoms with Crippen molar-refractivity contribution >= 4 is 21.3 Å². The van der Waals surface area contributed by atoms with Crippen molar-refractivity contribution in [3.8, 4) is 0 Å². The van der Waals surface area contributed by atoms with E-state index in [2.05, 4.69) is 88.7 Å². The summed E-state index contributed by atoms with van der Waals surface area (Å²) in [7, 11) is -2.73. The predicted octanol–water partition coefficient (Wildman–Crippen LogP) is 5.30. The van der Waals surface area contributed by atoms with Gasteiger partial charge in [-0.05, 0) is 20.3 Å². The van der Waals surface area contributed by atoms with E-state index in [9.17, 15) is 0 Å². The Hall–Kier alpha value is -0.866. The minimum atomic E-state index is -1.48. The van der Waals surface area contributed by atoms with Crippen LogP contribution in [0.25, 0.3) is 0 Å². The maximum atomic E-state index is 2.66. The Morgan fingerprint density at radius 1 is 0.950 bits per heavy atom. The van der Waals surface area contributed by atoms with Gasteiger partial charge in [-0.1, -0.05) is 90.8 Å². The zero-order valence-corrected chi connectivity index (χ0v) is 16.2. The van der Waals surface area contributed by atoms with Crippen molar-refractivity contribution in [3.05, 3.63) is 52.9 Å². The van der Waals surface area contributed by atoms with Crippen LogP contribution in [0.4, 0.5) is 0 Å². The second-order valence-corrected chi connectivity index (χ2v) is 16.9. The summed E-state index contributed by atoms with van der Waals surface area (Å²) in [6.45, 7) is 16.7. The Balaban J connectivity index is 3.15.